The van der Waals surface area contributed by atoms with Gasteiger partial charge in [-0.3, -0.25) is 57.4 Å². The molecule has 0 radical (unpaired) electrons. The molecule has 3 aliphatic rings. The normalized spacial score (nSPS) is 15.5. The molecule has 9 aromatic heterocycles. The van der Waals surface area contributed by atoms with Gasteiger partial charge >= 0.3 is 0 Å². The molecule has 4 N–H and O–H groups in total. The summed E-state index contributed by atoms with van der Waals surface area (Å²) in [5.41, 5.74) is 9.09. The summed E-state index contributed by atoms with van der Waals surface area (Å²) < 4.78 is 136. The molecule has 4 atom stereocenters. The van der Waals surface area contributed by atoms with Crippen molar-refractivity contribution in [1.29, 1.82) is 15.8 Å². The third-order valence-corrected chi connectivity index (χ3v) is 26.6. The molecule has 0 spiro atoms. The van der Waals surface area contributed by atoms with Crippen LogP contribution in [0.4, 0.5) is 68.0 Å². The van der Waals surface area contributed by atoms with Crippen LogP contribution in [0.5, 0.6) is 0 Å². The molecule has 3 aliphatic heterocycles. The van der Waals surface area contributed by atoms with Crippen LogP contribution in [0, 0.1) is 107 Å². The van der Waals surface area contributed by atoms with E-state index in [-0.39, 0.29) is 188 Å². The molecular formula is C97H84Cl7F9N20O6. The number of nitrogen functional groups attached to an aromatic ring is 2. The zero-order valence-electron chi connectivity index (χ0n) is 76.4. The maximum absolute atomic E-state index is 15.6. The molecule has 3 amide bonds. The van der Waals surface area contributed by atoms with Crippen molar-refractivity contribution in [3.63, 3.8) is 0 Å². The van der Waals surface area contributed by atoms with E-state index in [1.807, 2.05) is 71.3 Å². The van der Waals surface area contributed by atoms with Crippen LogP contribution in [-0.4, -0.2) is 153 Å². The van der Waals surface area contributed by atoms with Crippen LogP contribution >= 0.6 is 81.2 Å². The summed E-state index contributed by atoms with van der Waals surface area (Å²) >= 11 is 44.7. The first-order valence-corrected chi connectivity index (χ1v) is 45.6. The number of nitriles is 3. The molecule has 12 aromatic rings. The van der Waals surface area contributed by atoms with Gasteiger partial charge in [0.1, 0.15) is 61.9 Å². The van der Waals surface area contributed by atoms with Crippen LogP contribution in [0.2, 0.25) is 35.2 Å². The lowest BCUT2D eigenvalue weighted by molar-refractivity contribution is -0.131. The van der Waals surface area contributed by atoms with Gasteiger partial charge in [-0.1, -0.05) is 142 Å². The predicted molar refractivity (Wildman–Crippen MR) is 521 cm³/mol. The smallest absolute Gasteiger partial charge is 0.276 e. The van der Waals surface area contributed by atoms with Crippen LogP contribution in [0.3, 0.4) is 0 Å². The zero-order valence-corrected chi connectivity index (χ0v) is 81.7. The minimum absolute atomic E-state index is 0.00372. The van der Waals surface area contributed by atoms with Gasteiger partial charge in [0.05, 0.1) is 116 Å². The highest BCUT2D eigenvalue weighted by Crippen LogP contribution is 2.50. The molecule has 3 aromatic carbocycles. The highest BCUT2D eigenvalue weighted by Gasteiger charge is 2.41. The van der Waals surface area contributed by atoms with Crippen molar-refractivity contribution in [2.45, 2.75) is 132 Å². The Bertz CT molecular complexity index is 7220. The number of benzene rings is 3. The summed E-state index contributed by atoms with van der Waals surface area (Å²) in [5.74, 6) is -17.8. The van der Waals surface area contributed by atoms with Gasteiger partial charge in [-0.2, -0.15) is 15.8 Å². The summed E-state index contributed by atoms with van der Waals surface area (Å²) in [4.78, 5) is 118. The van der Waals surface area contributed by atoms with E-state index in [9.17, 15) is 70.9 Å². The molecule has 720 valence electrons. The average molecular weight is 2050 g/mol. The molecule has 26 nitrogen and oxygen atoms in total. The maximum atomic E-state index is 15.6. The Morgan fingerprint density at radius 2 is 0.727 bits per heavy atom. The van der Waals surface area contributed by atoms with Crippen molar-refractivity contribution >= 4 is 160 Å². The molecule has 139 heavy (non-hydrogen) atoms. The molecule has 12 heterocycles. The molecule has 42 heteroatoms. The second-order valence-corrected chi connectivity index (χ2v) is 36.9. The number of anilines is 5. The topological polar surface area (TPSA) is 337 Å². The molecule has 0 unspecified atom stereocenters. The minimum atomic E-state index is -2.36. The fourth-order valence-electron chi connectivity index (χ4n) is 17.9. The van der Waals surface area contributed by atoms with Crippen molar-refractivity contribution in [2.24, 2.45) is 0 Å². The number of aromatic nitrogens is 9. The second-order valence-electron chi connectivity index (χ2n) is 34.2. The first-order valence-electron chi connectivity index (χ1n) is 42.9. The average Bonchev–Trinajstić information content (AvgIpc) is 0.726. The minimum Gasteiger partial charge on any atom is -0.397 e. The van der Waals surface area contributed by atoms with Gasteiger partial charge in [-0.15, -0.1) is 0 Å². The molecule has 0 saturated carbocycles. The highest BCUT2D eigenvalue weighted by atomic mass is 35.5. The molecule has 0 bridgehead atoms. The van der Waals surface area contributed by atoms with Gasteiger partial charge in [0, 0.05) is 117 Å². The summed E-state index contributed by atoms with van der Waals surface area (Å²) in [7, 11) is 0. The molecule has 3 fully saturated rings. The third-order valence-electron chi connectivity index (χ3n) is 24.3. The first-order chi connectivity index (χ1) is 65.6. The van der Waals surface area contributed by atoms with E-state index in [4.69, 9.17) is 103 Å². The van der Waals surface area contributed by atoms with Gasteiger partial charge in [0.15, 0.2) is 46.5 Å². The molecule has 0 aliphatic carbocycles. The van der Waals surface area contributed by atoms with Gasteiger partial charge in [0.2, 0.25) is 23.5 Å². The Hall–Kier alpha value is -13.3. The van der Waals surface area contributed by atoms with Crippen molar-refractivity contribution in [3.8, 4) is 69.0 Å². The number of nitrogens with zero attached hydrogens (tertiary/aromatic N) is 18. The maximum Gasteiger partial charge on any atom is 0.276 e. The van der Waals surface area contributed by atoms with Gasteiger partial charge in [-0.25, -0.2) is 54.5 Å². The van der Waals surface area contributed by atoms with Crippen LogP contribution in [0.1, 0.15) is 137 Å². The van der Waals surface area contributed by atoms with E-state index in [2.05, 4.69) is 51.8 Å². The molecular weight excluding hydrogens is 1960 g/mol. The van der Waals surface area contributed by atoms with E-state index in [1.165, 1.54) is 51.8 Å². The van der Waals surface area contributed by atoms with Crippen molar-refractivity contribution in [2.75, 3.05) is 78.5 Å². The molecule has 15 rings (SSSR count). The largest absolute Gasteiger partial charge is 0.397 e. The Labute approximate surface area is 824 Å². The Kier molecular flexibility index (Phi) is 30.1. The number of pyridine rings is 9. The van der Waals surface area contributed by atoms with Gasteiger partial charge < -0.3 is 40.9 Å². The van der Waals surface area contributed by atoms with Crippen molar-refractivity contribution in [3.05, 3.63) is 262 Å². The highest BCUT2D eigenvalue weighted by molar-refractivity contribution is 6.43. The van der Waals surface area contributed by atoms with Crippen LogP contribution in [0.15, 0.2) is 107 Å². The lowest BCUT2D eigenvalue weighted by Crippen LogP contribution is -2.58. The fraction of sp³-hybridized carbons (Fsp3) is 0.289. The lowest BCUT2D eigenvalue weighted by Gasteiger charge is -2.45. The Morgan fingerprint density at radius 3 is 1.06 bits per heavy atom. The number of amides is 3. The Balaban J connectivity index is 0.000000176. The number of piperazine rings is 3. The van der Waals surface area contributed by atoms with E-state index in [0.29, 0.717) is 57.1 Å². The van der Waals surface area contributed by atoms with Gasteiger partial charge in [-0.05, 0) is 138 Å². The van der Waals surface area contributed by atoms with Gasteiger partial charge in [0.25, 0.3) is 16.7 Å². The molecule has 3 saturated heterocycles. The lowest BCUT2D eigenvalue weighted by atomic mass is 10.0. The van der Waals surface area contributed by atoms with E-state index in [0.717, 1.165) is 4.57 Å². The summed E-state index contributed by atoms with van der Waals surface area (Å²) in [6.45, 7) is 36.4. The summed E-state index contributed by atoms with van der Waals surface area (Å²) in [6, 6.07) is 13.8. The third kappa shape index (κ3) is 18.0. The number of rotatable bonds is 15. The van der Waals surface area contributed by atoms with Crippen LogP contribution < -0.4 is 42.8 Å². The number of fused-ring (bicyclic) bond motifs is 3. The number of carbonyl (C=O) groups excluding carboxylic acids is 3. The monoisotopic (exact) mass is 2040 g/mol. The number of carbonyl (C=O) groups is 3. The number of hydrogen-bond acceptors (Lipinski definition) is 20. The Morgan fingerprint density at radius 1 is 0.403 bits per heavy atom. The van der Waals surface area contributed by atoms with Crippen LogP contribution in [-0.2, 0) is 14.4 Å². The zero-order chi connectivity index (χ0) is 102. The van der Waals surface area contributed by atoms with E-state index < -0.39 is 134 Å². The van der Waals surface area contributed by atoms with E-state index in [1.54, 1.807) is 84.8 Å². The number of nitrogens with two attached hydrogens (primary N) is 2. The standard InChI is InChI=1S/C33H28ClF5N6O2.2C32H28Cl3F2N7O2/c1-7-21(46)44-16(5)12-43(13-17(44)6)31-18-10-20(34)29(22-23(35)25(37)27(39)26(38)24(22)36)42-32(18)45(33(47)19(31)11-40)30-15(4)8-9-41-28(30)14(2)3;1-6-20(45)43-10-9-42(13-16(43)5)30-17-11-19(33)28(21-24(36)22(34)25(37)23(35)26(21)39)41-31(17)44(32(46)18(30)12-38)29-15(4)7-8-40-27(29)14(2)3;1-6-20(45)43-10-9-42(13-16(43)5)30-17-11-19(33)28(21-22(34)24(36)25(37)26(39)23(21)35)41-31(17)44(32(46)18(30)12-38)29-15(4)7-8-40-27(29)14(2)3/h7-10,14,16-17H,1,12-13H2,2-6H3;2*6-8,11,14,16H,1,9-10,13,39H2,2-5H3/t16-,17+;2*16-/m.11/s1. The van der Waals surface area contributed by atoms with Crippen molar-refractivity contribution in [1.82, 2.24) is 58.3 Å². The first kappa shape index (κ1) is 103. The van der Waals surface area contributed by atoms with Crippen molar-refractivity contribution < 1.29 is 53.9 Å². The summed E-state index contributed by atoms with van der Waals surface area (Å²) in [6.07, 6.45) is 8.41. The fourth-order valence-corrected chi connectivity index (χ4v) is 19.6. The summed E-state index contributed by atoms with van der Waals surface area (Å²) in [5, 5.41) is 28.6. The number of aryl methyl sites for hydroxylation is 3. The number of hydrogen-bond donors (Lipinski definition) is 2. The van der Waals surface area contributed by atoms with Crippen LogP contribution in [0.25, 0.3) is 83.9 Å². The number of halogens is 16. The quantitative estimate of drug-likeness (QED) is 0.0316. The predicted octanol–water partition coefficient (Wildman–Crippen LogP) is 20.3. The second kappa shape index (κ2) is 40.6. The SMILES string of the molecule is C=CC(=O)N1CCN(c2c(C#N)c(=O)n(-c3c(C)ccnc3C(C)C)c3nc(-c4c(Cl)c(N)c(F)c(F)c4Cl)c(Cl)cc23)C[C@H]1C.C=CC(=O)N1CCN(c2c(C#N)c(=O)n(-c3c(C)ccnc3C(C)C)c3nc(-c4c(N)c(Cl)c(F)c(Cl)c4F)c(Cl)cc23)C[C@H]1C.C=CC(=O)N1[C@H](C)CN(c2c(C#N)c(=O)n(-c3c(C)ccnc3C(C)C)c3nc(-c4c(F)c(F)c(F)c(F)c4F)c(Cl)cc23)C[C@@H]1C. The van der Waals surface area contributed by atoms with E-state index >= 15 is 13.2 Å².